The summed E-state index contributed by atoms with van der Waals surface area (Å²) < 4.78 is 5.07. The van der Waals surface area contributed by atoms with E-state index in [1.54, 1.807) is 25.8 Å². The molecule has 2 N–H and O–H groups in total. The van der Waals surface area contributed by atoms with Gasteiger partial charge < -0.3 is 15.2 Å². The van der Waals surface area contributed by atoms with Crippen LogP contribution in [0, 0.1) is 5.92 Å². The van der Waals surface area contributed by atoms with Gasteiger partial charge in [0.05, 0.1) is 24.5 Å². The number of carbonyl (C=O) groups excluding carboxylic acids is 1. The van der Waals surface area contributed by atoms with Crippen LogP contribution in [-0.2, 0) is 4.79 Å². The number of rotatable bonds is 4. The Hall–Kier alpha value is -1.20. The van der Waals surface area contributed by atoms with Gasteiger partial charge in [0.15, 0.2) is 0 Å². The molecule has 1 amide bonds. The quantitative estimate of drug-likeness (QED) is 0.793. The second-order valence-corrected chi connectivity index (χ2v) is 5.20. The van der Waals surface area contributed by atoms with Gasteiger partial charge in [0.25, 0.3) is 0 Å². The molecule has 0 unspecified atom stereocenters. The first-order valence-electron chi connectivity index (χ1n) is 5.41. The Morgan fingerprint density at radius 2 is 2.06 bits per heavy atom. The first kappa shape index (κ1) is 12.3. The second kappa shape index (κ2) is 4.98. The van der Waals surface area contributed by atoms with Crippen LogP contribution in [0.15, 0.2) is 29.2 Å². The van der Waals surface area contributed by atoms with Crippen LogP contribution in [-0.4, -0.2) is 29.6 Å². The van der Waals surface area contributed by atoms with Gasteiger partial charge in [-0.3, -0.25) is 4.79 Å². The standard InChI is InChI=1S/C12H15NO3S/c1-7(14)10-11(15)13-12(10)17-9-5-3-8(16-2)4-6-9/h3-7,10,12,14H,1-2H3,(H,13,15)/t7-,10-,12+/m0/s1. The molecule has 3 atom stereocenters. The third-order valence-electron chi connectivity index (χ3n) is 2.76. The second-order valence-electron chi connectivity index (χ2n) is 3.99. The minimum absolute atomic E-state index is 0.0455. The number of hydrogen-bond acceptors (Lipinski definition) is 4. The fourth-order valence-electron chi connectivity index (χ4n) is 1.74. The number of carbonyl (C=O) groups is 1. The predicted octanol–water partition coefficient (Wildman–Crippen LogP) is 1.24. The van der Waals surface area contributed by atoms with Crippen LogP contribution < -0.4 is 10.1 Å². The van der Waals surface area contributed by atoms with Gasteiger partial charge in [-0.05, 0) is 31.2 Å². The van der Waals surface area contributed by atoms with Crippen molar-refractivity contribution in [3.63, 3.8) is 0 Å². The first-order chi connectivity index (χ1) is 8.11. The summed E-state index contributed by atoms with van der Waals surface area (Å²) in [5.74, 6) is 0.409. The maximum Gasteiger partial charge on any atom is 0.229 e. The van der Waals surface area contributed by atoms with E-state index in [0.717, 1.165) is 10.6 Å². The number of nitrogens with one attached hydrogen (secondary N) is 1. The molecule has 0 radical (unpaired) electrons. The molecule has 0 spiro atoms. The molecule has 0 aliphatic carbocycles. The lowest BCUT2D eigenvalue weighted by molar-refractivity contribution is -0.136. The van der Waals surface area contributed by atoms with Gasteiger partial charge >= 0.3 is 0 Å². The SMILES string of the molecule is COc1ccc(S[C@H]2NC(=O)[C@@H]2[C@H](C)O)cc1. The van der Waals surface area contributed by atoms with Crippen LogP contribution in [0.4, 0.5) is 0 Å². The Balaban J connectivity index is 1.99. The van der Waals surface area contributed by atoms with Gasteiger partial charge in [0.2, 0.25) is 5.91 Å². The fraction of sp³-hybridized carbons (Fsp3) is 0.417. The third-order valence-corrected chi connectivity index (χ3v) is 3.96. The van der Waals surface area contributed by atoms with E-state index in [9.17, 15) is 9.90 Å². The molecular weight excluding hydrogens is 238 g/mol. The van der Waals surface area contributed by atoms with Gasteiger partial charge in [-0.2, -0.15) is 0 Å². The van der Waals surface area contributed by atoms with Crippen molar-refractivity contribution in [1.29, 1.82) is 0 Å². The monoisotopic (exact) mass is 253 g/mol. The van der Waals surface area contributed by atoms with Crippen molar-refractivity contribution in [3.05, 3.63) is 24.3 Å². The Morgan fingerprint density at radius 3 is 2.53 bits per heavy atom. The molecule has 1 saturated heterocycles. The molecule has 1 aliphatic rings. The van der Waals surface area contributed by atoms with Crippen molar-refractivity contribution in [3.8, 4) is 5.75 Å². The minimum atomic E-state index is -0.612. The number of thioether (sulfide) groups is 1. The highest BCUT2D eigenvalue weighted by atomic mass is 32.2. The Morgan fingerprint density at radius 1 is 1.41 bits per heavy atom. The van der Waals surface area contributed by atoms with E-state index in [4.69, 9.17) is 4.74 Å². The van der Waals surface area contributed by atoms with Crippen LogP contribution >= 0.6 is 11.8 Å². The zero-order chi connectivity index (χ0) is 12.4. The molecule has 1 aromatic carbocycles. The molecule has 1 heterocycles. The number of amides is 1. The van der Waals surface area contributed by atoms with Gasteiger partial charge in [-0.15, -0.1) is 11.8 Å². The van der Waals surface area contributed by atoms with Crippen LogP contribution in [0.3, 0.4) is 0 Å². The predicted molar refractivity (Wildman–Crippen MR) is 66.0 cm³/mol. The molecule has 17 heavy (non-hydrogen) atoms. The number of methoxy groups -OCH3 is 1. The lowest BCUT2D eigenvalue weighted by atomic mass is 9.96. The molecular formula is C12H15NO3S. The molecule has 2 rings (SSSR count). The Bertz CT molecular complexity index is 405. The lowest BCUT2D eigenvalue weighted by Crippen LogP contribution is -2.60. The zero-order valence-electron chi connectivity index (χ0n) is 9.71. The molecule has 1 aromatic rings. The van der Waals surface area contributed by atoms with Crippen LogP contribution in [0.25, 0.3) is 0 Å². The van der Waals surface area contributed by atoms with E-state index >= 15 is 0 Å². The van der Waals surface area contributed by atoms with Crippen LogP contribution in [0.5, 0.6) is 5.75 Å². The van der Waals surface area contributed by atoms with Crippen molar-refractivity contribution in [2.75, 3.05) is 7.11 Å². The molecule has 1 aliphatic heterocycles. The number of hydrogen-bond donors (Lipinski definition) is 2. The van der Waals surface area contributed by atoms with Gasteiger partial charge in [-0.1, -0.05) is 0 Å². The molecule has 0 aromatic heterocycles. The summed E-state index contributed by atoms with van der Waals surface area (Å²) in [5, 5.41) is 12.2. The Labute approximate surface area is 104 Å². The number of aliphatic hydroxyl groups excluding tert-OH is 1. The van der Waals surface area contributed by atoms with E-state index in [2.05, 4.69) is 5.32 Å². The largest absolute Gasteiger partial charge is 0.497 e. The van der Waals surface area contributed by atoms with E-state index in [1.165, 1.54) is 0 Å². The molecule has 4 nitrogen and oxygen atoms in total. The third kappa shape index (κ3) is 2.56. The van der Waals surface area contributed by atoms with Crippen LogP contribution in [0.2, 0.25) is 0 Å². The Kier molecular flexibility index (Phi) is 3.59. The van der Waals surface area contributed by atoms with Gasteiger partial charge in [0.1, 0.15) is 5.75 Å². The van der Waals surface area contributed by atoms with E-state index in [0.29, 0.717) is 0 Å². The van der Waals surface area contributed by atoms with E-state index < -0.39 is 6.10 Å². The normalized spacial score (nSPS) is 24.8. The summed E-state index contributed by atoms with van der Waals surface area (Å²) >= 11 is 1.54. The highest BCUT2D eigenvalue weighted by molar-refractivity contribution is 8.00. The molecule has 0 saturated carbocycles. The lowest BCUT2D eigenvalue weighted by Gasteiger charge is -2.37. The van der Waals surface area contributed by atoms with Gasteiger partial charge in [0, 0.05) is 4.90 Å². The van der Waals surface area contributed by atoms with E-state index in [-0.39, 0.29) is 17.2 Å². The maximum atomic E-state index is 11.3. The number of ether oxygens (including phenoxy) is 1. The van der Waals surface area contributed by atoms with E-state index in [1.807, 2.05) is 24.3 Å². The summed E-state index contributed by atoms with van der Waals surface area (Å²) in [5.41, 5.74) is 0. The van der Waals surface area contributed by atoms with Gasteiger partial charge in [-0.25, -0.2) is 0 Å². The van der Waals surface area contributed by atoms with Crippen molar-refractivity contribution in [1.82, 2.24) is 5.32 Å². The summed E-state index contributed by atoms with van der Waals surface area (Å²) in [4.78, 5) is 12.3. The number of β-lactam (4-membered cyclic amide) rings is 1. The first-order valence-corrected chi connectivity index (χ1v) is 6.29. The average Bonchev–Trinajstić information content (AvgIpc) is 2.28. The summed E-state index contributed by atoms with van der Waals surface area (Å²) in [6.45, 7) is 1.64. The molecule has 0 bridgehead atoms. The van der Waals surface area contributed by atoms with Crippen molar-refractivity contribution >= 4 is 17.7 Å². The summed E-state index contributed by atoms with van der Waals surface area (Å²) in [6.07, 6.45) is -0.612. The molecule has 5 heteroatoms. The topological polar surface area (TPSA) is 58.6 Å². The molecule has 92 valence electrons. The smallest absolute Gasteiger partial charge is 0.229 e. The number of aliphatic hydroxyl groups is 1. The summed E-state index contributed by atoms with van der Waals surface area (Å²) in [7, 11) is 1.62. The zero-order valence-corrected chi connectivity index (χ0v) is 10.5. The summed E-state index contributed by atoms with van der Waals surface area (Å²) in [6, 6.07) is 7.63. The highest BCUT2D eigenvalue weighted by Gasteiger charge is 2.42. The average molecular weight is 253 g/mol. The minimum Gasteiger partial charge on any atom is -0.497 e. The fourth-order valence-corrected chi connectivity index (χ4v) is 3.00. The van der Waals surface area contributed by atoms with Crippen LogP contribution in [0.1, 0.15) is 6.92 Å². The van der Waals surface area contributed by atoms with Crippen molar-refractivity contribution < 1.29 is 14.6 Å². The highest BCUT2D eigenvalue weighted by Crippen LogP contribution is 2.34. The maximum absolute atomic E-state index is 11.3. The molecule has 1 fully saturated rings. The number of benzene rings is 1. The van der Waals surface area contributed by atoms with Crippen molar-refractivity contribution in [2.24, 2.45) is 5.92 Å². The van der Waals surface area contributed by atoms with Crippen molar-refractivity contribution in [2.45, 2.75) is 23.3 Å².